The van der Waals surface area contributed by atoms with E-state index in [2.05, 4.69) is 16.4 Å². The average molecular weight is 315 g/mol. The second-order valence-corrected chi connectivity index (χ2v) is 5.93. The summed E-state index contributed by atoms with van der Waals surface area (Å²) in [5.74, 6) is -0.185. The van der Waals surface area contributed by atoms with Crippen LogP contribution in [0.5, 0.6) is 0 Å². The van der Waals surface area contributed by atoms with Crippen molar-refractivity contribution in [2.24, 2.45) is 0 Å². The van der Waals surface area contributed by atoms with Gasteiger partial charge in [0.15, 0.2) is 0 Å². The molecule has 0 spiro atoms. The van der Waals surface area contributed by atoms with Gasteiger partial charge in [-0.25, -0.2) is 0 Å². The minimum absolute atomic E-state index is 0.0551. The highest BCUT2D eigenvalue weighted by molar-refractivity contribution is 5.83. The standard InChI is InChI=1S/C18H25N3O2/c1-15(22)21(12-9-16-5-3-2-4-6-16)14-18(23)20-13-17-7-10-19-11-8-17/h5,7-8,10-11H,2-4,6,9,12-14H2,1H3,(H,20,23). The molecule has 1 aliphatic carbocycles. The highest BCUT2D eigenvalue weighted by atomic mass is 16.2. The van der Waals surface area contributed by atoms with Gasteiger partial charge >= 0.3 is 0 Å². The third-order valence-corrected chi connectivity index (χ3v) is 4.11. The van der Waals surface area contributed by atoms with Gasteiger partial charge in [-0.15, -0.1) is 0 Å². The van der Waals surface area contributed by atoms with Crippen LogP contribution >= 0.6 is 0 Å². The molecule has 0 saturated carbocycles. The van der Waals surface area contributed by atoms with E-state index in [0.29, 0.717) is 13.1 Å². The first-order chi connectivity index (χ1) is 11.1. The number of hydrogen-bond acceptors (Lipinski definition) is 3. The van der Waals surface area contributed by atoms with Crippen LogP contribution < -0.4 is 5.32 Å². The molecular formula is C18H25N3O2. The number of allylic oxidation sites excluding steroid dienone is 1. The van der Waals surface area contributed by atoms with Gasteiger partial charge in [0.05, 0.1) is 6.54 Å². The Bertz CT molecular complexity index is 555. The Hall–Kier alpha value is -2.17. The number of hydrogen-bond donors (Lipinski definition) is 1. The van der Waals surface area contributed by atoms with E-state index in [1.807, 2.05) is 12.1 Å². The summed E-state index contributed by atoms with van der Waals surface area (Å²) in [6, 6.07) is 3.72. The summed E-state index contributed by atoms with van der Waals surface area (Å²) in [6.45, 7) is 2.71. The van der Waals surface area contributed by atoms with Crippen LogP contribution in [0.1, 0.15) is 44.6 Å². The first kappa shape index (κ1) is 17.2. The quantitative estimate of drug-likeness (QED) is 0.786. The van der Waals surface area contributed by atoms with Crippen LogP contribution in [-0.4, -0.2) is 34.8 Å². The monoisotopic (exact) mass is 315 g/mol. The van der Waals surface area contributed by atoms with Gasteiger partial charge in [-0.1, -0.05) is 11.6 Å². The van der Waals surface area contributed by atoms with E-state index in [1.54, 1.807) is 17.3 Å². The molecule has 2 amide bonds. The summed E-state index contributed by atoms with van der Waals surface area (Å²) < 4.78 is 0. The van der Waals surface area contributed by atoms with E-state index in [9.17, 15) is 9.59 Å². The summed E-state index contributed by atoms with van der Waals surface area (Å²) in [7, 11) is 0. The molecule has 2 rings (SSSR count). The zero-order chi connectivity index (χ0) is 16.5. The minimum atomic E-state index is -0.130. The molecule has 124 valence electrons. The lowest BCUT2D eigenvalue weighted by molar-refractivity contribution is -0.134. The summed E-state index contributed by atoms with van der Waals surface area (Å²) in [4.78, 5) is 29.4. The van der Waals surface area contributed by atoms with E-state index < -0.39 is 0 Å². The second kappa shape index (κ2) is 9.08. The zero-order valence-electron chi connectivity index (χ0n) is 13.8. The van der Waals surface area contributed by atoms with E-state index in [4.69, 9.17) is 0 Å². The van der Waals surface area contributed by atoms with Crippen molar-refractivity contribution in [2.75, 3.05) is 13.1 Å². The number of aromatic nitrogens is 1. The van der Waals surface area contributed by atoms with Gasteiger partial charge in [-0.05, 0) is 49.8 Å². The van der Waals surface area contributed by atoms with E-state index in [-0.39, 0.29) is 18.4 Å². The maximum absolute atomic E-state index is 12.0. The fourth-order valence-electron chi connectivity index (χ4n) is 2.69. The number of nitrogens with zero attached hydrogens (tertiary/aromatic N) is 2. The summed E-state index contributed by atoms with van der Waals surface area (Å²) in [6.07, 6.45) is 11.3. The maximum Gasteiger partial charge on any atom is 0.239 e. The van der Waals surface area contributed by atoms with Crippen molar-refractivity contribution in [1.29, 1.82) is 0 Å². The van der Waals surface area contributed by atoms with Gasteiger partial charge in [0.1, 0.15) is 0 Å². The van der Waals surface area contributed by atoms with Crippen LogP contribution in [0.15, 0.2) is 36.2 Å². The topological polar surface area (TPSA) is 62.3 Å². The largest absolute Gasteiger partial charge is 0.350 e. The number of nitrogens with one attached hydrogen (secondary N) is 1. The first-order valence-corrected chi connectivity index (χ1v) is 8.24. The van der Waals surface area contributed by atoms with Crippen molar-refractivity contribution >= 4 is 11.8 Å². The number of amides is 2. The molecule has 1 aromatic heterocycles. The van der Waals surface area contributed by atoms with Crippen molar-refractivity contribution in [1.82, 2.24) is 15.2 Å². The molecule has 0 saturated heterocycles. The lowest BCUT2D eigenvalue weighted by Crippen LogP contribution is -2.40. The van der Waals surface area contributed by atoms with Gasteiger partial charge in [-0.2, -0.15) is 0 Å². The molecule has 0 aromatic carbocycles. The Morgan fingerprint density at radius 1 is 1.26 bits per heavy atom. The Morgan fingerprint density at radius 3 is 2.70 bits per heavy atom. The van der Waals surface area contributed by atoms with Crippen molar-refractivity contribution in [2.45, 2.75) is 45.6 Å². The minimum Gasteiger partial charge on any atom is -0.350 e. The number of pyridine rings is 1. The molecule has 0 unspecified atom stereocenters. The number of carbonyl (C=O) groups excluding carboxylic acids is 2. The average Bonchev–Trinajstić information content (AvgIpc) is 2.58. The van der Waals surface area contributed by atoms with Crippen molar-refractivity contribution in [3.05, 3.63) is 41.7 Å². The molecule has 1 aliphatic rings. The van der Waals surface area contributed by atoms with Gasteiger partial charge in [0.25, 0.3) is 0 Å². The Balaban J connectivity index is 1.77. The Kier molecular flexibility index (Phi) is 6.78. The molecule has 1 aromatic rings. The molecule has 5 nitrogen and oxygen atoms in total. The fourth-order valence-corrected chi connectivity index (χ4v) is 2.69. The smallest absolute Gasteiger partial charge is 0.239 e. The predicted octanol–water partition coefficient (Wildman–Crippen LogP) is 2.44. The Morgan fingerprint density at radius 2 is 2.04 bits per heavy atom. The third-order valence-electron chi connectivity index (χ3n) is 4.11. The van der Waals surface area contributed by atoms with E-state index in [1.165, 1.54) is 25.3 Å². The first-order valence-electron chi connectivity index (χ1n) is 8.24. The van der Waals surface area contributed by atoms with Gasteiger partial charge in [-0.3, -0.25) is 14.6 Å². The van der Waals surface area contributed by atoms with Crippen molar-refractivity contribution in [3.63, 3.8) is 0 Å². The molecule has 1 heterocycles. The van der Waals surface area contributed by atoms with E-state index >= 15 is 0 Å². The van der Waals surface area contributed by atoms with Crippen LogP contribution in [0.3, 0.4) is 0 Å². The number of carbonyl (C=O) groups is 2. The fraction of sp³-hybridized carbons (Fsp3) is 0.500. The van der Waals surface area contributed by atoms with Crippen LogP contribution in [0.4, 0.5) is 0 Å². The van der Waals surface area contributed by atoms with Gasteiger partial charge in [0, 0.05) is 32.4 Å². The van der Waals surface area contributed by atoms with Crippen LogP contribution in [0.25, 0.3) is 0 Å². The summed E-state index contributed by atoms with van der Waals surface area (Å²) in [5, 5.41) is 2.85. The molecule has 23 heavy (non-hydrogen) atoms. The molecule has 0 aliphatic heterocycles. The van der Waals surface area contributed by atoms with Crippen LogP contribution in [0, 0.1) is 0 Å². The van der Waals surface area contributed by atoms with Crippen LogP contribution in [0.2, 0.25) is 0 Å². The highest BCUT2D eigenvalue weighted by Crippen LogP contribution is 2.20. The zero-order valence-corrected chi connectivity index (χ0v) is 13.8. The van der Waals surface area contributed by atoms with Crippen molar-refractivity contribution in [3.8, 4) is 0 Å². The van der Waals surface area contributed by atoms with E-state index in [0.717, 1.165) is 24.8 Å². The summed E-state index contributed by atoms with van der Waals surface area (Å²) >= 11 is 0. The second-order valence-electron chi connectivity index (χ2n) is 5.93. The lowest BCUT2D eigenvalue weighted by Gasteiger charge is -2.22. The molecule has 0 fully saturated rings. The molecule has 0 atom stereocenters. The maximum atomic E-state index is 12.0. The Labute approximate surface area is 137 Å². The highest BCUT2D eigenvalue weighted by Gasteiger charge is 2.14. The normalized spacial score (nSPS) is 14.0. The molecule has 0 bridgehead atoms. The third kappa shape index (κ3) is 6.22. The molecular weight excluding hydrogens is 290 g/mol. The molecule has 1 N–H and O–H groups in total. The molecule has 5 heteroatoms. The van der Waals surface area contributed by atoms with Gasteiger partial charge in [0.2, 0.25) is 11.8 Å². The number of rotatable bonds is 7. The molecule has 0 radical (unpaired) electrons. The van der Waals surface area contributed by atoms with Crippen LogP contribution in [-0.2, 0) is 16.1 Å². The predicted molar refractivity (Wildman–Crippen MR) is 89.5 cm³/mol. The lowest BCUT2D eigenvalue weighted by atomic mass is 9.97. The van der Waals surface area contributed by atoms with Crippen molar-refractivity contribution < 1.29 is 9.59 Å². The summed E-state index contributed by atoms with van der Waals surface area (Å²) in [5.41, 5.74) is 2.41. The SMILES string of the molecule is CC(=O)N(CCC1=CCCCC1)CC(=O)NCc1ccncc1. The van der Waals surface area contributed by atoms with Gasteiger partial charge < -0.3 is 10.2 Å².